The van der Waals surface area contributed by atoms with Crippen LogP contribution in [0.3, 0.4) is 0 Å². The zero-order valence-corrected chi connectivity index (χ0v) is 84.0. The molecule has 0 bridgehead atoms. The van der Waals surface area contributed by atoms with E-state index in [1.54, 1.807) is 50.5 Å². The average Bonchev–Trinajstić information content (AvgIpc) is 1.62. The first-order valence-electron chi connectivity index (χ1n) is 49.7. The maximum Gasteiger partial charge on any atom is 0.252 e. The Hall–Kier alpha value is -17.5. The Balaban J connectivity index is 0.000000120. The van der Waals surface area contributed by atoms with Gasteiger partial charge in [0.1, 0.15) is 5.82 Å². The Bertz CT molecular complexity index is 8310. The molecule has 0 spiro atoms. The number of nitrogens with two attached hydrogens (primary N) is 1. The third-order valence-electron chi connectivity index (χ3n) is 31.8. The van der Waals surface area contributed by atoms with Crippen LogP contribution in [-0.2, 0) is 71.3 Å². The molecule has 149 heavy (non-hydrogen) atoms. The highest BCUT2D eigenvalue weighted by atomic mass is 19.1. The second-order valence-corrected chi connectivity index (χ2v) is 40.8. The zero-order chi connectivity index (χ0) is 103. The molecular weight excluding hydrogens is 1870 g/mol. The number of allylic oxidation sites excluding steroid dienone is 7. The predicted molar refractivity (Wildman–Crippen MR) is 560 cm³/mol. The highest BCUT2D eigenvalue weighted by molar-refractivity contribution is 6.20. The molecule has 30 heteroatoms. The molecule has 744 valence electrons. The van der Waals surface area contributed by atoms with Gasteiger partial charge in [-0.25, -0.2) is 37.7 Å². The summed E-state index contributed by atoms with van der Waals surface area (Å²) in [5.74, 6) is 0.336. The molecule has 8 aliphatic carbocycles. The summed E-state index contributed by atoms with van der Waals surface area (Å²) in [7, 11) is 0. The van der Waals surface area contributed by atoms with E-state index in [4.69, 9.17) is 59.4 Å². The Morgan fingerprint density at radius 2 is 0.779 bits per heavy atom. The van der Waals surface area contributed by atoms with Crippen LogP contribution >= 0.6 is 0 Å². The number of aromatic nitrogens is 17. The number of nitrogens with zero attached hydrogens (tertiary/aromatic N) is 20. The van der Waals surface area contributed by atoms with Gasteiger partial charge in [0.25, 0.3) is 5.91 Å². The van der Waals surface area contributed by atoms with E-state index in [0.717, 1.165) is 162 Å². The average molecular weight is 1980 g/mol. The lowest BCUT2D eigenvalue weighted by Gasteiger charge is -2.45. The van der Waals surface area contributed by atoms with Gasteiger partial charge in [0.15, 0.2) is 23.1 Å². The maximum atomic E-state index is 15.1. The van der Waals surface area contributed by atoms with Crippen molar-refractivity contribution >= 4 is 29.0 Å². The predicted octanol–water partition coefficient (Wildman–Crippen LogP) is 22.5. The second-order valence-electron chi connectivity index (χ2n) is 40.8. The molecule has 9 aromatic heterocycles. The molecule has 0 radical (unpaired) electrons. The second kappa shape index (κ2) is 38.8. The first kappa shape index (κ1) is 98.9. The number of pyridine rings is 1. The molecule has 0 aliphatic heterocycles. The number of aryl methyl sites for hydroxylation is 5. The molecule has 0 fully saturated rings. The molecular formula is C119H108FN21O8. The minimum absolute atomic E-state index is 0. The molecule has 8 aliphatic rings. The Kier molecular flexibility index (Phi) is 25.8. The van der Waals surface area contributed by atoms with Crippen LogP contribution in [0.5, 0.6) is 0 Å². The minimum atomic E-state index is -0.732. The lowest BCUT2D eigenvalue weighted by atomic mass is 9.57. The number of hydrogen-bond donors (Lipinski definition) is 1. The molecule has 2 N–H and O–H groups in total. The van der Waals surface area contributed by atoms with Crippen LogP contribution in [0.25, 0.3) is 128 Å². The van der Waals surface area contributed by atoms with Crippen molar-refractivity contribution in [1.29, 1.82) is 0 Å². The number of benzene rings is 7. The van der Waals surface area contributed by atoms with Crippen molar-refractivity contribution in [3.8, 4) is 113 Å². The van der Waals surface area contributed by atoms with E-state index in [-0.39, 0.29) is 106 Å². The van der Waals surface area contributed by atoms with Crippen LogP contribution in [0, 0.1) is 107 Å². The van der Waals surface area contributed by atoms with Crippen LogP contribution in [-0.4, -0.2) is 114 Å². The van der Waals surface area contributed by atoms with Gasteiger partial charge >= 0.3 is 0 Å². The smallest absolute Gasteiger partial charge is 0.252 e. The van der Waals surface area contributed by atoms with Gasteiger partial charge < -0.3 is 33.7 Å². The van der Waals surface area contributed by atoms with Gasteiger partial charge in [-0.3, -0.25) is 14.6 Å². The quantitative estimate of drug-likeness (QED) is 0.0827. The molecule has 29 nitrogen and oxygen atoms in total. The fourth-order valence-electron chi connectivity index (χ4n) is 24.5. The van der Waals surface area contributed by atoms with E-state index >= 15 is 4.39 Å². The summed E-state index contributed by atoms with van der Waals surface area (Å²) in [6.07, 6.45) is 20.4. The Morgan fingerprint density at radius 3 is 1.13 bits per heavy atom. The largest absolute Gasteiger partial charge is 0.365 e. The van der Waals surface area contributed by atoms with E-state index in [1.807, 2.05) is 200 Å². The molecule has 1 amide bonds. The number of hydrogen-bond acceptors (Lipinski definition) is 21. The zero-order valence-electron chi connectivity index (χ0n) is 84.0. The lowest BCUT2D eigenvalue weighted by Crippen LogP contribution is -2.48. The molecule has 16 aromatic rings. The van der Waals surface area contributed by atoms with Crippen molar-refractivity contribution in [2.75, 3.05) is 0 Å². The molecule has 0 saturated heterocycles. The van der Waals surface area contributed by atoms with Gasteiger partial charge in [-0.1, -0.05) is 187 Å². The summed E-state index contributed by atoms with van der Waals surface area (Å²) in [6, 6.07) is 61.1. The van der Waals surface area contributed by atoms with E-state index in [9.17, 15) is 24.0 Å². The number of rotatable bonds is 13. The van der Waals surface area contributed by atoms with Crippen LogP contribution in [0.15, 0.2) is 274 Å². The summed E-state index contributed by atoms with van der Waals surface area (Å²) in [4.78, 5) is 92.0. The number of ketones is 4. The fourth-order valence-corrected chi connectivity index (χ4v) is 24.5. The van der Waals surface area contributed by atoms with Gasteiger partial charge in [-0.15, -0.1) is 0 Å². The van der Waals surface area contributed by atoms with E-state index in [0.29, 0.717) is 53.4 Å². The van der Waals surface area contributed by atoms with Crippen molar-refractivity contribution in [2.24, 2.45) is 53.1 Å². The van der Waals surface area contributed by atoms with Crippen molar-refractivity contribution in [2.45, 2.75) is 170 Å². The monoisotopic (exact) mass is 1980 g/mol. The summed E-state index contributed by atoms with van der Waals surface area (Å²) in [5.41, 5.74) is 30.6. The molecule has 7 aromatic carbocycles. The van der Waals surface area contributed by atoms with E-state index in [1.165, 1.54) is 34.7 Å². The van der Waals surface area contributed by atoms with E-state index < -0.39 is 27.6 Å². The molecule has 9 heterocycles. The summed E-state index contributed by atoms with van der Waals surface area (Å²) < 4.78 is 38.1. The standard InChI is InChI=1S/C31H28FN5O2.C30H27N5O2.C29H25N5O2.C28H24N6O2.CH4/c1-17-14-20(16-34-35-17)19-8-10-21(11-9-19)37-29-23(27(36-37)22-6-4-5-7-26(22)32)12-13-25-18(2)28(38)24(30(33)39)15-31(25,29)3;1-17-6-8-20(9-7-17)26-23-14-15-24-18(2)27(36)25(31-5)16-30(24,4)28(23)35(33-26)22-12-10-21(11-13-22)29-32-19(3)37-34-29;1-17-5-7-19(8-6-17)25-22-13-14-23-18(2)26(35)24(30-4)15-29(23,3)27(22)34(32-25)21-11-9-20(10-12-21)28-31-16-36-33-28;1-16-22-12-11-21-24(19-6-5-13-30-15-19)32-34(26(21)28(22,3)14-23(29-4)25(16)35)20-9-7-18(8-10-20)27-31-17(2)36-33-27;/h4-11,14-16,18,25H,12-13H2,1-3H3,(H2,33,39);6-13,16,18,24H,14-15H2,1-4H3;5-12,15-16,18,23H,13-14H2,1-3H3;5-10,13-16,22H,11-12H2,1-3H3;1H4/t18-,25-,31-;18-,24-,30-;18-,23-,29-;16-,22-,28-;/m1111./s1. The fraction of sp³-hybridized carbons (Fsp3) is 0.286. The summed E-state index contributed by atoms with van der Waals surface area (Å²) in [5, 5.41) is 40.5. The molecule has 0 saturated carbocycles. The van der Waals surface area contributed by atoms with Crippen molar-refractivity contribution < 1.29 is 41.9 Å². The van der Waals surface area contributed by atoms with Crippen LogP contribution in [0.4, 0.5) is 4.39 Å². The van der Waals surface area contributed by atoms with E-state index in [2.05, 4.69) is 143 Å². The van der Waals surface area contributed by atoms with Gasteiger partial charge in [-0.2, -0.15) is 45.5 Å². The highest BCUT2D eigenvalue weighted by Gasteiger charge is 2.56. The van der Waals surface area contributed by atoms with Gasteiger partial charge in [0, 0.05) is 138 Å². The van der Waals surface area contributed by atoms with Crippen molar-refractivity contribution in [3.63, 3.8) is 0 Å². The normalized spacial score (nSPS) is 22.5. The van der Waals surface area contributed by atoms with Gasteiger partial charge in [-0.05, 0) is 217 Å². The lowest BCUT2D eigenvalue weighted by molar-refractivity contribution is -0.126. The molecule has 12 atom stereocenters. The Morgan fingerprint density at radius 1 is 0.416 bits per heavy atom. The number of fused-ring (bicyclic) bond motifs is 12. The third kappa shape index (κ3) is 17.2. The minimum Gasteiger partial charge on any atom is -0.365 e. The van der Waals surface area contributed by atoms with Crippen LogP contribution in [0.2, 0.25) is 0 Å². The van der Waals surface area contributed by atoms with Gasteiger partial charge in [0.05, 0.1) is 105 Å². The number of halogens is 1. The number of carbonyl (C=O) groups is 5. The first-order valence-corrected chi connectivity index (χ1v) is 49.7. The number of Topliss-reactive ketones (excluding diaryl/α,β-unsaturated/α-hetero) is 4. The topological polar surface area (TPSA) is 351 Å². The summed E-state index contributed by atoms with van der Waals surface area (Å²) >= 11 is 0. The van der Waals surface area contributed by atoms with Crippen LogP contribution in [0.1, 0.15) is 162 Å². The van der Waals surface area contributed by atoms with Crippen LogP contribution < -0.4 is 5.73 Å². The third-order valence-corrected chi connectivity index (χ3v) is 31.8. The maximum absolute atomic E-state index is 15.1. The number of primary amides is 1. The Labute approximate surface area is 860 Å². The summed E-state index contributed by atoms with van der Waals surface area (Å²) in [6.45, 7) is 48.8. The number of amides is 1. The first-order chi connectivity index (χ1) is 71.3. The molecule has 0 unspecified atom stereocenters. The van der Waals surface area contributed by atoms with Gasteiger partial charge in [0.2, 0.25) is 52.7 Å². The highest BCUT2D eigenvalue weighted by Crippen LogP contribution is 2.58. The van der Waals surface area contributed by atoms with Crippen molar-refractivity contribution in [1.82, 2.24) is 84.7 Å². The SMILES string of the molecule is C.Cc1cc(-c2ccc(-n3nc(-c4ccccc4F)c4c3[C@]3(C)C=C(C(N)=O)C(=O)[C@H](C)[C@H]3CC4)cc2)cnn1.[C-]#[N+]C1=C[C@@]2(C)c3c(c(-c4ccc(C)cc4)nn3-c3ccc(-c4ncon4)cc3)CC[C@@H]2[C@@H](C)C1=O.[C-]#[N+]C1=C[C@@]2(C)c3c(c(-c4ccc(C)cc4)nn3-c3ccc(-c4noc(C)n4)cc3)CC[C@@H]2[C@@H](C)C1=O.[C-]#[N+]C1=C[C@@]2(C)c3c(c(-c4cccnc4)nn3-c3ccc(-c4noc(C)n4)cc3)CC[C@@H]2[C@@H](C)C1=O. The van der Waals surface area contributed by atoms with Crippen molar-refractivity contribution in [3.05, 3.63) is 374 Å². The number of carbonyl (C=O) groups excluding carboxylic acids is 5. The molecule has 24 rings (SSSR count).